The number of pyridine rings is 1. The van der Waals surface area contributed by atoms with Crippen molar-refractivity contribution in [2.45, 2.75) is 96.4 Å². The summed E-state index contributed by atoms with van der Waals surface area (Å²) < 4.78 is 10.6. The fourth-order valence-electron chi connectivity index (χ4n) is 8.35. The highest BCUT2D eigenvalue weighted by molar-refractivity contribution is 5.89. The van der Waals surface area contributed by atoms with Crippen LogP contribution in [-0.2, 0) is 16.8 Å². The van der Waals surface area contributed by atoms with Gasteiger partial charge in [0.05, 0.1) is 23.6 Å². The summed E-state index contributed by atoms with van der Waals surface area (Å²) in [6.45, 7) is 14.7. The second-order valence-electron chi connectivity index (χ2n) is 16.9. The first-order valence-corrected chi connectivity index (χ1v) is 20.6. The smallest absolute Gasteiger partial charge is 0.320 e. The molecule has 3 atom stereocenters. The molecule has 3 N–H and O–H groups in total. The summed E-state index contributed by atoms with van der Waals surface area (Å²) in [6, 6.07) is 22.8. The van der Waals surface area contributed by atoms with Gasteiger partial charge in [-0.3, -0.25) is 19.4 Å². The van der Waals surface area contributed by atoms with E-state index in [1.807, 2.05) is 41.2 Å². The molecule has 0 spiro atoms. The van der Waals surface area contributed by atoms with Crippen LogP contribution in [0, 0.1) is 0 Å². The molecule has 8 rings (SSSR count). The van der Waals surface area contributed by atoms with E-state index in [2.05, 4.69) is 111 Å². The molecule has 5 aromatic rings. The minimum absolute atomic E-state index is 0.151. The van der Waals surface area contributed by atoms with Crippen molar-refractivity contribution in [1.82, 2.24) is 39.5 Å². The van der Waals surface area contributed by atoms with Gasteiger partial charge in [0.1, 0.15) is 17.7 Å². The molecule has 0 radical (unpaired) electrons. The van der Waals surface area contributed by atoms with Crippen LogP contribution in [0.15, 0.2) is 72.9 Å². The van der Waals surface area contributed by atoms with Crippen LogP contribution in [0.25, 0.3) is 11.3 Å². The Bertz CT molecular complexity index is 2180. The SMILES string of the molecule is CC1CCCCN1c1nnc2ccc(O[C@@H]3CC[C@H](NC(=O)Nc4cc(C(C)(C)C)nn4-c4cccc(CN5CCCN(C)CC5)c4)c4ccccc43)cn12.O=CO. The number of anilines is 2. The Morgan fingerprint density at radius 2 is 1.72 bits per heavy atom. The van der Waals surface area contributed by atoms with Crippen LogP contribution in [0.5, 0.6) is 5.75 Å². The average Bonchev–Trinajstić information content (AvgIpc) is 3.77. The number of carboxylic acid groups (broad SMARTS) is 1. The van der Waals surface area contributed by atoms with Crippen molar-refractivity contribution >= 4 is 29.9 Å². The number of hydrogen-bond acceptors (Lipinski definition) is 9. The van der Waals surface area contributed by atoms with E-state index in [-0.39, 0.29) is 30.1 Å². The van der Waals surface area contributed by atoms with Crippen molar-refractivity contribution in [3.8, 4) is 11.4 Å². The summed E-state index contributed by atoms with van der Waals surface area (Å²) in [5.41, 5.74) is 5.84. The standard InChI is InChI=1S/C43H56N10O2.CH2O2/c1-30-12-8-9-23-51(30)42-47-46-39-20-17-33(29-52(39)42)55-37-19-18-36(34-15-6-7-16-35(34)37)44-41(54)45-40-27-38(43(2,3)4)48-53(40)32-14-10-13-31(26-32)28-50-22-11-21-49(5)24-25-50;2-1-3/h6-7,10,13-17,20,26-27,29-30,36-37H,8-9,11-12,18-19,21-25,28H2,1-5H3,(H2,44,45,54);1H,(H,2,3)/t30?,36-,37+;/m0./s1. The number of benzene rings is 2. The van der Waals surface area contributed by atoms with Gasteiger partial charge >= 0.3 is 6.03 Å². The number of nitrogens with one attached hydrogen (secondary N) is 2. The lowest BCUT2D eigenvalue weighted by Crippen LogP contribution is -2.38. The second-order valence-corrected chi connectivity index (χ2v) is 16.9. The van der Waals surface area contributed by atoms with Gasteiger partial charge in [0.2, 0.25) is 5.95 Å². The van der Waals surface area contributed by atoms with Crippen LogP contribution >= 0.6 is 0 Å². The highest BCUT2D eigenvalue weighted by Gasteiger charge is 2.31. The summed E-state index contributed by atoms with van der Waals surface area (Å²) in [5, 5.41) is 27.4. The zero-order valence-corrected chi connectivity index (χ0v) is 34.5. The van der Waals surface area contributed by atoms with Crippen molar-refractivity contribution in [1.29, 1.82) is 0 Å². The summed E-state index contributed by atoms with van der Waals surface area (Å²) in [7, 11) is 2.20. The molecule has 2 saturated heterocycles. The van der Waals surface area contributed by atoms with Crippen LogP contribution < -0.4 is 20.3 Å². The van der Waals surface area contributed by atoms with E-state index in [0.717, 1.165) is 105 Å². The molecule has 58 heavy (non-hydrogen) atoms. The van der Waals surface area contributed by atoms with Gasteiger partial charge < -0.3 is 25.0 Å². The zero-order valence-electron chi connectivity index (χ0n) is 34.5. The first-order chi connectivity index (χ1) is 28.0. The third-order valence-corrected chi connectivity index (χ3v) is 11.5. The van der Waals surface area contributed by atoms with Crippen molar-refractivity contribution in [2.24, 2.45) is 0 Å². The minimum Gasteiger partial charge on any atom is -0.484 e. The van der Waals surface area contributed by atoms with Crippen LogP contribution in [-0.4, -0.2) is 97.6 Å². The molecule has 0 saturated carbocycles. The predicted octanol–water partition coefficient (Wildman–Crippen LogP) is 7.21. The number of rotatable bonds is 8. The van der Waals surface area contributed by atoms with Gasteiger partial charge in [0.15, 0.2) is 5.65 Å². The summed E-state index contributed by atoms with van der Waals surface area (Å²) >= 11 is 0. The number of aromatic nitrogens is 5. The monoisotopic (exact) mass is 790 g/mol. The molecule has 308 valence electrons. The highest BCUT2D eigenvalue weighted by Crippen LogP contribution is 2.39. The molecular weight excluding hydrogens is 733 g/mol. The normalized spacial score (nSPS) is 20.4. The van der Waals surface area contributed by atoms with Gasteiger partial charge in [-0.05, 0) is 107 Å². The van der Waals surface area contributed by atoms with E-state index >= 15 is 0 Å². The first kappa shape index (κ1) is 40.7. The fraction of sp³-hybridized carbons (Fsp3) is 0.477. The Hall–Kier alpha value is -5.47. The Morgan fingerprint density at radius 3 is 2.52 bits per heavy atom. The van der Waals surface area contributed by atoms with E-state index < -0.39 is 0 Å². The van der Waals surface area contributed by atoms with E-state index in [1.54, 1.807) is 0 Å². The third-order valence-electron chi connectivity index (χ3n) is 11.5. The molecule has 5 heterocycles. The topological polar surface area (TPSA) is 145 Å². The zero-order chi connectivity index (χ0) is 40.8. The van der Waals surface area contributed by atoms with Gasteiger partial charge in [0, 0.05) is 43.7 Å². The fourth-order valence-corrected chi connectivity index (χ4v) is 8.35. The molecule has 2 fully saturated rings. The lowest BCUT2D eigenvalue weighted by molar-refractivity contribution is -0.122. The Kier molecular flexibility index (Phi) is 12.6. The van der Waals surface area contributed by atoms with Crippen molar-refractivity contribution < 1.29 is 19.4 Å². The average molecular weight is 791 g/mol. The number of ether oxygens (including phenoxy) is 1. The summed E-state index contributed by atoms with van der Waals surface area (Å²) in [5.74, 6) is 2.29. The predicted molar refractivity (Wildman–Crippen MR) is 226 cm³/mol. The number of urea groups is 1. The van der Waals surface area contributed by atoms with Gasteiger partial charge in [-0.15, -0.1) is 10.2 Å². The van der Waals surface area contributed by atoms with Gasteiger partial charge in [0.25, 0.3) is 6.47 Å². The number of carbonyl (C=O) groups excluding carboxylic acids is 1. The number of amides is 2. The van der Waals surface area contributed by atoms with Crippen LogP contribution in [0.3, 0.4) is 0 Å². The Balaban J connectivity index is 0.00000166. The maximum Gasteiger partial charge on any atom is 0.320 e. The van der Waals surface area contributed by atoms with Crippen molar-refractivity contribution in [3.63, 3.8) is 0 Å². The third kappa shape index (κ3) is 9.45. The first-order valence-electron chi connectivity index (χ1n) is 20.6. The molecule has 14 nitrogen and oxygen atoms in total. The molecule has 3 aliphatic rings. The maximum absolute atomic E-state index is 13.9. The summed E-state index contributed by atoms with van der Waals surface area (Å²) in [4.78, 5) is 29.5. The van der Waals surface area contributed by atoms with Crippen molar-refractivity contribution in [3.05, 3.63) is 95.3 Å². The van der Waals surface area contributed by atoms with Crippen molar-refractivity contribution in [2.75, 3.05) is 50.0 Å². The molecule has 2 aliphatic heterocycles. The van der Waals surface area contributed by atoms with Gasteiger partial charge in [-0.1, -0.05) is 57.2 Å². The van der Waals surface area contributed by atoms with E-state index in [9.17, 15) is 4.79 Å². The molecule has 14 heteroatoms. The minimum atomic E-state index is -0.261. The Morgan fingerprint density at radius 1 is 0.914 bits per heavy atom. The highest BCUT2D eigenvalue weighted by atomic mass is 16.5. The molecule has 3 aromatic heterocycles. The van der Waals surface area contributed by atoms with Crippen LogP contribution in [0.2, 0.25) is 0 Å². The molecular formula is C44H58N10O4. The lowest BCUT2D eigenvalue weighted by atomic mass is 9.85. The molecule has 1 aliphatic carbocycles. The van der Waals surface area contributed by atoms with Crippen LogP contribution in [0.1, 0.15) is 101 Å². The molecule has 2 aromatic carbocycles. The number of likely N-dealkylation sites (N-methyl/N-ethyl adjacent to an activating group) is 1. The van der Waals surface area contributed by atoms with E-state index in [4.69, 9.17) is 19.7 Å². The van der Waals surface area contributed by atoms with E-state index in [1.165, 1.54) is 18.4 Å². The second kappa shape index (κ2) is 18.0. The van der Waals surface area contributed by atoms with Crippen LogP contribution in [0.4, 0.5) is 16.6 Å². The van der Waals surface area contributed by atoms with Gasteiger partial charge in [-0.25, -0.2) is 9.48 Å². The number of hydrogen-bond donors (Lipinski definition) is 3. The largest absolute Gasteiger partial charge is 0.484 e. The number of carbonyl (C=O) groups is 2. The van der Waals surface area contributed by atoms with E-state index in [0.29, 0.717) is 11.9 Å². The Labute approximate surface area is 341 Å². The number of piperidine rings is 1. The maximum atomic E-state index is 13.9. The number of nitrogens with zero attached hydrogens (tertiary/aromatic N) is 8. The molecule has 2 amide bonds. The van der Waals surface area contributed by atoms with Gasteiger partial charge in [-0.2, -0.15) is 5.10 Å². The molecule has 0 bridgehead atoms. The molecule has 1 unspecified atom stereocenters. The lowest BCUT2D eigenvalue weighted by Gasteiger charge is -2.33. The quantitative estimate of drug-likeness (QED) is 0.138. The summed E-state index contributed by atoms with van der Waals surface area (Å²) in [6.07, 6.45) is 8.10. The number of fused-ring (bicyclic) bond motifs is 2.